The number of benzene rings is 2. The molecule has 0 aliphatic rings. The van der Waals surface area contributed by atoms with Crippen molar-refractivity contribution in [1.82, 2.24) is 10.2 Å². The normalized spacial score (nSPS) is 9.60. The maximum Gasteiger partial charge on any atom is 0.293 e. The third-order valence-corrected chi connectivity index (χ3v) is 2.63. The van der Waals surface area contributed by atoms with E-state index < -0.39 is 0 Å². The first-order valence-electron chi connectivity index (χ1n) is 6.07. The Morgan fingerprint density at radius 2 is 2.00 bits per heavy atom. The molecule has 1 heterocycles. The summed E-state index contributed by atoms with van der Waals surface area (Å²) in [5.74, 6) is 0. The number of H-pyrrole nitrogens is 1. The maximum absolute atomic E-state index is 9.76. The Morgan fingerprint density at radius 1 is 1.20 bits per heavy atom. The summed E-state index contributed by atoms with van der Waals surface area (Å²) in [6.07, 6.45) is 1.77. The molecule has 0 unspecified atom stereocenters. The summed E-state index contributed by atoms with van der Waals surface area (Å²) in [4.78, 5) is 9.76. The summed E-state index contributed by atoms with van der Waals surface area (Å²) >= 11 is 0. The monoisotopic (exact) mass is 269 g/mol. The zero-order valence-electron chi connectivity index (χ0n) is 10.8. The molecule has 0 spiro atoms. The Hall–Kier alpha value is -2.82. The van der Waals surface area contributed by atoms with Gasteiger partial charge in [-0.2, -0.15) is 5.10 Å². The summed E-state index contributed by atoms with van der Waals surface area (Å²) in [7, 11) is 0. The van der Waals surface area contributed by atoms with Crippen LogP contribution in [-0.2, 0) is 16.1 Å². The van der Waals surface area contributed by atoms with Crippen LogP contribution in [0.3, 0.4) is 0 Å². The molecule has 5 nitrogen and oxygen atoms in total. The molecule has 0 saturated heterocycles. The largest absolute Gasteiger partial charge is 0.463 e. The van der Waals surface area contributed by atoms with Crippen molar-refractivity contribution >= 4 is 23.1 Å². The van der Waals surface area contributed by atoms with Gasteiger partial charge in [0.2, 0.25) is 0 Å². The third kappa shape index (κ3) is 3.84. The first-order valence-corrected chi connectivity index (χ1v) is 6.07. The number of aromatic nitrogens is 2. The summed E-state index contributed by atoms with van der Waals surface area (Å²) in [5, 5.41) is 7.78. The van der Waals surface area contributed by atoms with Gasteiger partial charge in [-0.1, -0.05) is 30.3 Å². The smallest absolute Gasteiger partial charge is 0.293 e. The van der Waals surface area contributed by atoms with Crippen molar-refractivity contribution in [2.75, 3.05) is 5.73 Å². The number of nitrogens with zero attached hydrogens (tertiary/aromatic N) is 1. The van der Waals surface area contributed by atoms with Crippen molar-refractivity contribution in [3.63, 3.8) is 0 Å². The van der Waals surface area contributed by atoms with E-state index in [1.807, 2.05) is 48.5 Å². The Balaban J connectivity index is 0.000000147. The molecule has 20 heavy (non-hydrogen) atoms. The summed E-state index contributed by atoms with van der Waals surface area (Å²) in [5.41, 5.74) is 8.29. The molecule has 3 rings (SSSR count). The number of carbonyl (C=O) groups is 1. The lowest BCUT2D eigenvalue weighted by Crippen LogP contribution is -1.88. The molecule has 0 amide bonds. The number of anilines is 1. The molecule has 5 heteroatoms. The lowest BCUT2D eigenvalue weighted by atomic mass is 10.2. The van der Waals surface area contributed by atoms with Crippen LogP contribution in [0.1, 0.15) is 5.56 Å². The predicted octanol–water partition coefficient (Wildman–Crippen LogP) is 2.50. The minimum absolute atomic E-state index is 0.365. The van der Waals surface area contributed by atoms with Crippen LogP contribution in [0.2, 0.25) is 0 Å². The molecule has 1 aromatic heterocycles. The van der Waals surface area contributed by atoms with Gasteiger partial charge in [0.1, 0.15) is 6.61 Å². The number of nitrogens with one attached hydrogen (secondary N) is 1. The zero-order chi connectivity index (χ0) is 14.2. The number of ether oxygens (including phenoxy) is 1. The van der Waals surface area contributed by atoms with Crippen LogP contribution in [0.15, 0.2) is 54.7 Å². The number of carbonyl (C=O) groups excluding carboxylic acids is 1. The van der Waals surface area contributed by atoms with Gasteiger partial charge in [0.25, 0.3) is 6.47 Å². The minimum Gasteiger partial charge on any atom is -0.463 e. The van der Waals surface area contributed by atoms with E-state index in [-0.39, 0.29) is 0 Å². The van der Waals surface area contributed by atoms with Crippen molar-refractivity contribution < 1.29 is 9.53 Å². The van der Waals surface area contributed by atoms with Crippen LogP contribution >= 0.6 is 0 Å². The van der Waals surface area contributed by atoms with E-state index >= 15 is 0 Å². The number of nitrogen functional groups attached to an aromatic ring is 1. The van der Waals surface area contributed by atoms with E-state index in [0.717, 1.165) is 22.2 Å². The lowest BCUT2D eigenvalue weighted by Gasteiger charge is -1.95. The van der Waals surface area contributed by atoms with Crippen LogP contribution in [-0.4, -0.2) is 16.7 Å². The van der Waals surface area contributed by atoms with Gasteiger partial charge >= 0.3 is 0 Å². The van der Waals surface area contributed by atoms with Gasteiger partial charge in [-0.3, -0.25) is 9.89 Å². The van der Waals surface area contributed by atoms with E-state index in [2.05, 4.69) is 14.9 Å². The maximum atomic E-state index is 9.76. The average molecular weight is 269 g/mol. The highest BCUT2D eigenvalue weighted by Crippen LogP contribution is 2.12. The van der Waals surface area contributed by atoms with E-state index in [0.29, 0.717) is 13.1 Å². The van der Waals surface area contributed by atoms with E-state index in [1.165, 1.54) is 0 Å². The molecule has 0 aliphatic carbocycles. The highest BCUT2D eigenvalue weighted by atomic mass is 16.5. The number of aromatic amines is 1. The molecule has 0 saturated carbocycles. The highest BCUT2D eigenvalue weighted by molar-refractivity contribution is 5.80. The third-order valence-electron chi connectivity index (χ3n) is 2.63. The molecular formula is C15H15N3O2. The minimum atomic E-state index is 0.365. The van der Waals surface area contributed by atoms with Crippen LogP contribution in [0.5, 0.6) is 0 Å². The molecule has 0 bridgehead atoms. The molecule has 102 valence electrons. The summed E-state index contributed by atoms with van der Waals surface area (Å²) < 4.78 is 4.54. The van der Waals surface area contributed by atoms with E-state index in [1.54, 1.807) is 6.20 Å². The Kier molecular flexibility index (Phi) is 4.72. The van der Waals surface area contributed by atoms with Gasteiger partial charge in [0.15, 0.2) is 0 Å². The number of hydrogen-bond donors (Lipinski definition) is 2. The second-order valence-electron chi connectivity index (χ2n) is 4.11. The fourth-order valence-corrected chi connectivity index (χ4v) is 1.66. The standard InChI is InChI=1S/C8H8O2.C7H7N3/c9-7-10-6-8-4-2-1-3-5-8;8-6-2-1-5-4-9-10-7(5)3-6/h1-5,7H,6H2;1-4H,8H2,(H,9,10). The highest BCUT2D eigenvalue weighted by Gasteiger charge is 1.92. The average Bonchev–Trinajstić information content (AvgIpc) is 2.94. The molecular weight excluding hydrogens is 254 g/mol. The molecule has 3 N–H and O–H groups in total. The first-order chi connectivity index (χ1) is 9.79. The molecule has 0 fully saturated rings. The quantitative estimate of drug-likeness (QED) is 0.565. The summed E-state index contributed by atoms with van der Waals surface area (Å²) in [6, 6.07) is 15.2. The van der Waals surface area contributed by atoms with Gasteiger partial charge in [-0.15, -0.1) is 0 Å². The molecule has 0 aliphatic heterocycles. The summed E-state index contributed by atoms with van der Waals surface area (Å²) in [6.45, 7) is 0.817. The molecule has 2 aromatic carbocycles. The molecule has 3 aromatic rings. The van der Waals surface area contributed by atoms with Crippen molar-refractivity contribution in [2.24, 2.45) is 0 Å². The van der Waals surface area contributed by atoms with Gasteiger partial charge < -0.3 is 10.5 Å². The zero-order valence-corrected chi connectivity index (χ0v) is 10.8. The number of hydrogen-bond acceptors (Lipinski definition) is 4. The van der Waals surface area contributed by atoms with Crippen molar-refractivity contribution in [2.45, 2.75) is 6.61 Å². The van der Waals surface area contributed by atoms with Crippen LogP contribution in [0.25, 0.3) is 10.9 Å². The van der Waals surface area contributed by atoms with E-state index in [9.17, 15) is 4.79 Å². The van der Waals surface area contributed by atoms with Gasteiger partial charge in [-0.25, -0.2) is 0 Å². The van der Waals surface area contributed by atoms with Gasteiger partial charge in [-0.05, 0) is 23.8 Å². The van der Waals surface area contributed by atoms with Crippen molar-refractivity contribution in [3.05, 3.63) is 60.3 Å². The lowest BCUT2D eigenvalue weighted by molar-refractivity contribution is -0.129. The van der Waals surface area contributed by atoms with Crippen LogP contribution in [0, 0.1) is 0 Å². The van der Waals surface area contributed by atoms with Gasteiger partial charge in [0, 0.05) is 11.1 Å². The van der Waals surface area contributed by atoms with Crippen LogP contribution < -0.4 is 5.73 Å². The number of rotatable bonds is 3. The molecule has 0 radical (unpaired) electrons. The Morgan fingerprint density at radius 3 is 2.75 bits per heavy atom. The van der Waals surface area contributed by atoms with Crippen molar-refractivity contribution in [1.29, 1.82) is 0 Å². The Bertz CT molecular complexity index is 665. The Labute approximate surface area is 116 Å². The molecule has 0 atom stereocenters. The fourth-order valence-electron chi connectivity index (χ4n) is 1.66. The van der Waals surface area contributed by atoms with E-state index in [4.69, 9.17) is 5.73 Å². The predicted molar refractivity (Wildman–Crippen MR) is 77.8 cm³/mol. The van der Waals surface area contributed by atoms with Gasteiger partial charge in [0.05, 0.1) is 11.7 Å². The van der Waals surface area contributed by atoms with Crippen molar-refractivity contribution in [3.8, 4) is 0 Å². The second kappa shape index (κ2) is 6.94. The SMILES string of the molecule is Nc1ccc2cn[nH]c2c1.O=COCc1ccccc1. The van der Waals surface area contributed by atoms with Crippen LogP contribution in [0.4, 0.5) is 5.69 Å². The number of fused-ring (bicyclic) bond motifs is 1. The second-order valence-corrected chi connectivity index (χ2v) is 4.11. The first kappa shape index (κ1) is 13.6. The fraction of sp³-hybridized carbons (Fsp3) is 0.0667. The number of nitrogens with two attached hydrogens (primary N) is 1. The topological polar surface area (TPSA) is 81.0 Å².